The van der Waals surface area contributed by atoms with Crippen molar-refractivity contribution in [1.82, 2.24) is 5.32 Å². The highest BCUT2D eigenvalue weighted by Gasteiger charge is 2.28. The second-order valence-electron chi connectivity index (χ2n) is 8.36. The fourth-order valence-electron chi connectivity index (χ4n) is 4.60. The molecule has 2 aromatic rings. The van der Waals surface area contributed by atoms with Crippen molar-refractivity contribution >= 4 is 28.2 Å². The summed E-state index contributed by atoms with van der Waals surface area (Å²) in [5.74, 6) is 1.09. The molecule has 5 nitrogen and oxygen atoms in total. The zero-order chi connectivity index (χ0) is 20.4. The zero-order valence-corrected chi connectivity index (χ0v) is 18.2. The molecule has 4 rings (SSSR count). The van der Waals surface area contributed by atoms with E-state index in [2.05, 4.69) is 10.6 Å². The molecule has 0 saturated heterocycles. The van der Waals surface area contributed by atoms with Crippen molar-refractivity contribution in [3.05, 3.63) is 39.2 Å². The maximum atomic E-state index is 13.3. The van der Waals surface area contributed by atoms with E-state index >= 15 is 0 Å². The predicted octanol–water partition coefficient (Wildman–Crippen LogP) is 5.54. The molecule has 2 aliphatic rings. The summed E-state index contributed by atoms with van der Waals surface area (Å²) in [4.78, 5) is 27.4. The first-order valence-electron chi connectivity index (χ1n) is 10.9. The summed E-state index contributed by atoms with van der Waals surface area (Å²) in [5.41, 5.74) is 2.38. The van der Waals surface area contributed by atoms with Crippen molar-refractivity contribution in [2.75, 3.05) is 5.32 Å². The zero-order valence-electron chi connectivity index (χ0n) is 17.4. The van der Waals surface area contributed by atoms with Gasteiger partial charge in [-0.2, -0.15) is 0 Å². The molecule has 2 heterocycles. The maximum absolute atomic E-state index is 13.3. The minimum absolute atomic E-state index is 0.0216. The number of hydrogen-bond donors (Lipinski definition) is 2. The molecule has 0 unspecified atom stereocenters. The molecule has 0 bridgehead atoms. The Balaban J connectivity index is 1.62. The SMILES string of the molecule is Cc1cc(C(=O)Nc2sc3c(c2C(=O)NC2CCCCC2)CCCCC3)c(C)o1. The van der Waals surface area contributed by atoms with E-state index < -0.39 is 0 Å². The van der Waals surface area contributed by atoms with Gasteiger partial charge < -0.3 is 15.1 Å². The van der Waals surface area contributed by atoms with E-state index in [0.29, 0.717) is 27.6 Å². The van der Waals surface area contributed by atoms with Crippen LogP contribution in [-0.2, 0) is 12.8 Å². The smallest absolute Gasteiger partial charge is 0.259 e. The van der Waals surface area contributed by atoms with Gasteiger partial charge in [-0.1, -0.05) is 25.7 Å². The minimum atomic E-state index is -0.206. The number of anilines is 1. The first-order valence-corrected chi connectivity index (χ1v) is 11.7. The van der Waals surface area contributed by atoms with Crippen molar-refractivity contribution in [3.63, 3.8) is 0 Å². The average Bonchev–Trinajstić information content (AvgIpc) is 3.12. The Morgan fingerprint density at radius 3 is 2.45 bits per heavy atom. The summed E-state index contributed by atoms with van der Waals surface area (Å²) < 4.78 is 5.51. The molecule has 1 saturated carbocycles. The molecule has 1 fully saturated rings. The molecule has 0 spiro atoms. The summed E-state index contributed by atoms with van der Waals surface area (Å²) in [6.07, 6.45) is 11.0. The Labute approximate surface area is 176 Å². The molecule has 2 amide bonds. The Hall–Kier alpha value is -2.08. The van der Waals surface area contributed by atoms with Crippen LogP contribution >= 0.6 is 11.3 Å². The van der Waals surface area contributed by atoms with Gasteiger partial charge in [0.25, 0.3) is 11.8 Å². The third-order valence-electron chi connectivity index (χ3n) is 6.10. The number of carbonyl (C=O) groups excluding carboxylic acids is 2. The molecule has 2 N–H and O–H groups in total. The van der Waals surface area contributed by atoms with E-state index in [1.54, 1.807) is 24.3 Å². The number of furan rings is 1. The second-order valence-corrected chi connectivity index (χ2v) is 9.46. The molecular weight excluding hydrogens is 384 g/mol. The number of aryl methyl sites for hydroxylation is 3. The van der Waals surface area contributed by atoms with Gasteiger partial charge in [0.15, 0.2) is 0 Å². The average molecular weight is 415 g/mol. The molecule has 0 radical (unpaired) electrons. The number of thiophene rings is 1. The van der Waals surface area contributed by atoms with Crippen LogP contribution in [0.3, 0.4) is 0 Å². The number of rotatable bonds is 4. The fraction of sp³-hybridized carbons (Fsp3) is 0.565. The molecule has 0 atom stereocenters. The monoisotopic (exact) mass is 414 g/mol. The van der Waals surface area contributed by atoms with E-state index in [9.17, 15) is 9.59 Å². The Morgan fingerprint density at radius 1 is 1.00 bits per heavy atom. The lowest BCUT2D eigenvalue weighted by Crippen LogP contribution is -2.36. The van der Waals surface area contributed by atoms with Crippen molar-refractivity contribution in [1.29, 1.82) is 0 Å². The summed E-state index contributed by atoms with van der Waals surface area (Å²) in [7, 11) is 0. The summed E-state index contributed by atoms with van der Waals surface area (Å²) in [6.45, 7) is 3.63. The largest absolute Gasteiger partial charge is 0.466 e. The van der Waals surface area contributed by atoms with E-state index in [4.69, 9.17) is 4.42 Å². The van der Waals surface area contributed by atoms with Gasteiger partial charge >= 0.3 is 0 Å². The predicted molar refractivity (Wildman–Crippen MR) is 116 cm³/mol. The lowest BCUT2D eigenvalue weighted by molar-refractivity contribution is 0.0928. The third-order valence-corrected chi connectivity index (χ3v) is 7.31. The van der Waals surface area contributed by atoms with Crippen LogP contribution in [0.25, 0.3) is 0 Å². The maximum Gasteiger partial charge on any atom is 0.259 e. The van der Waals surface area contributed by atoms with Gasteiger partial charge in [0, 0.05) is 10.9 Å². The highest BCUT2D eigenvalue weighted by molar-refractivity contribution is 7.17. The van der Waals surface area contributed by atoms with Gasteiger partial charge in [0.2, 0.25) is 0 Å². The molecular formula is C23H30N2O3S. The van der Waals surface area contributed by atoms with Crippen LogP contribution in [0.4, 0.5) is 5.00 Å². The highest BCUT2D eigenvalue weighted by Crippen LogP contribution is 2.38. The van der Waals surface area contributed by atoms with Gasteiger partial charge in [0.1, 0.15) is 16.5 Å². The number of fused-ring (bicyclic) bond motifs is 1. The van der Waals surface area contributed by atoms with Gasteiger partial charge in [0.05, 0.1) is 11.1 Å². The Kier molecular flexibility index (Phi) is 6.09. The van der Waals surface area contributed by atoms with Crippen LogP contribution in [0.15, 0.2) is 10.5 Å². The fourth-order valence-corrected chi connectivity index (χ4v) is 5.88. The topological polar surface area (TPSA) is 71.3 Å². The lowest BCUT2D eigenvalue weighted by atomic mass is 9.95. The van der Waals surface area contributed by atoms with Crippen LogP contribution in [0, 0.1) is 13.8 Å². The number of hydrogen-bond acceptors (Lipinski definition) is 4. The van der Waals surface area contributed by atoms with Crippen LogP contribution in [-0.4, -0.2) is 17.9 Å². The number of nitrogens with one attached hydrogen (secondary N) is 2. The van der Waals surface area contributed by atoms with E-state index in [-0.39, 0.29) is 17.9 Å². The Morgan fingerprint density at radius 2 is 1.72 bits per heavy atom. The third kappa shape index (κ3) is 4.42. The summed E-state index contributed by atoms with van der Waals surface area (Å²) >= 11 is 1.58. The Bertz CT molecular complexity index is 906. The van der Waals surface area contributed by atoms with Crippen LogP contribution < -0.4 is 10.6 Å². The molecule has 2 aliphatic carbocycles. The van der Waals surface area contributed by atoms with Gasteiger partial charge in [-0.3, -0.25) is 9.59 Å². The quantitative estimate of drug-likeness (QED) is 0.645. The molecule has 0 aliphatic heterocycles. The van der Waals surface area contributed by atoms with Crippen LogP contribution in [0.2, 0.25) is 0 Å². The number of amides is 2. The molecule has 29 heavy (non-hydrogen) atoms. The van der Waals surface area contributed by atoms with Crippen LogP contribution in [0.5, 0.6) is 0 Å². The van der Waals surface area contributed by atoms with E-state index in [0.717, 1.165) is 44.1 Å². The van der Waals surface area contributed by atoms with E-state index in [1.807, 2.05) is 6.92 Å². The van der Waals surface area contributed by atoms with Gasteiger partial charge in [-0.05, 0) is 64.0 Å². The molecule has 2 aromatic heterocycles. The normalized spacial score (nSPS) is 17.4. The van der Waals surface area contributed by atoms with Gasteiger partial charge in [-0.15, -0.1) is 11.3 Å². The molecule has 6 heteroatoms. The first kappa shape index (κ1) is 20.2. The number of carbonyl (C=O) groups is 2. The lowest BCUT2D eigenvalue weighted by Gasteiger charge is -2.23. The van der Waals surface area contributed by atoms with Crippen molar-refractivity contribution < 1.29 is 14.0 Å². The summed E-state index contributed by atoms with van der Waals surface area (Å²) in [5, 5.41) is 6.98. The van der Waals surface area contributed by atoms with Gasteiger partial charge in [-0.25, -0.2) is 0 Å². The minimum Gasteiger partial charge on any atom is -0.466 e. The second kappa shape index (κ2) is 8.74. The summed E-state index contributed by atoms with van der Waals surface area (Å²) in [6, 6.07) is 2.00. The van der Waals surface area contributed by atoms with Crippen molar-refractivity contribution in [2.24, 2.45) is 0 Å². The van der Waals surface area contributed by atoms with Crippen molar-refractivity contribution in [2.45, 2.75) is 84.1 Å². The molecule has 156 valence electrons. The van der Waals surface area contributed by atoms with E-state index in [1.165, 1.54) is 30.6 Å². The molecule has 0 aromatic carbocycles. The standard InChI is InChI=1S/C23H30N2O3S/c1-14-13-18(15(2)28-14)21(26)25-23-20(17-11-7-4-8-12-19(17)29-23)22(27)24-16-9-5-3-6-10-16/h13,16H,3-12H2,1-2H3,(H,24,27)(H,25,26). The van der Waals surface area contributed by atoms with Crippen molar-refractivity contribution in [3.8, 4) is 0 Å². The first-order chi connectivity index (χ1) is 14.0. The van der Waals surface area contributed by atoms with Crippen LogP contribution in [0.1, 0.15) is 94.0 Å². The highest BCUT2D eigenvalue weighted by atomic mass is 32.1.